The van der Waals surface area contributed by atoms with Crippen molar-refractivity contribution in [1.82, 2.24) is 4.98 Å². The van der Waals surface area contributed by atoms with Crippen molar-refractivity contribution in [2.75, 3.05) is 24.6 Å². The predicted octanol–water partition coefficient (Wildman–Crippen LogP) is 3.68. The topological polar surface area (TPSA) is 49.2 Å². The number of rotatable bonds is 2. The minimum atomic E-state index is -0.000219. The summed E-state index contributed by atoms with van der Waals surface area (Å²) in [5.74, 6) is 0.750. The number of anilines is 1. The van der Waals surface area contributed by atoms with E-state index in [-0.39, 0.29) is 6.10 Å². The SMILES string of the molecule is N#Cc1cc2ccccc2nc1N1CCOC(c2ccccc2)C1. The Balaban J connectivity index is 1.70. The van der Waals surface area contributed by atoms with Crippen LogP contribution in [0, 0.1) is 11.3 Å². The normalized spacial score (nSPS) is 17.6. The molecule has 0 radical (unpaired) electrons. The number of aromatic nitrogens is 1. The van der Waals surface area contributed by atoms with Gasteiger partial charge in [0.2, 0.25) is 0 Å². The molecule has 1 aliphatic heterocycles. The van der Waals surface area contributed by atoms with Gasteiger partial charge in [-0.25, -0.2) is 4.98 Å². The number of morpholine rings is 1. The fourth-order valence-electron chi connectivity index (χ4n) is 3.14. The smallest absolute Gasteiger partial charge is 0.147 e. The number of hydrogen-bond donors (Lipinski definition) is 0. The lowest BCUT2D eigenvalue weighted by Crippen LogP contribution is -2.39. The second-order valence-electron chi connectivity index (χ2n) is 5.88. The standard InChI is InChI=1S/C20H17N3O/c21-13-17-12-16-8-4-5-9-18(16)22-20(17)23-10-11-24-19(14-23)15-6-2-1-3-7-15/h1-9,12,19H,10-11,14H2. The molecule has 118 valence electrons. The molecule has 1 aliphatic rings. The van der Waals surface area contributed by atoms with Crippen molar-refractivity contribution >= 4 is 16.7 Å². The number of nitrogens with zero attached hydrogens (tertiary/aromatic N) is 3. The Morgan fingerprint density at radius 2 is 1.88 bits per heavy atom. The van der Waals surface area contributed by atoms with Crippen LogP contribution in [0.25, 0.3) is 10.9 Å². The molecule has 3 aromatic rings. The third-order valence-corrected chi connectivity index (χ3v) is 4.36. The van der Waals surface area contributed by atoms with Crippen LogP contribution in [-0.4, -0.2) is 24.7 Å². The van der Waals surface area contributed by atoms with E-state index in [2.05, 4.69) is 23.1 Å². The molecule has 4 nitrogen and oxygen atoms in total. The van der Waals surface area contributed by atoms with Crippen molar-refractivity contribution in [2.24, 2.45) is 0 Å². The lowest BCUT2D eigenvalue weighted by Gasteiger charge is -2.34. The van der Waals surface area contributed by atoms with E-state index >= 15 is 0 Å². The average Bonchev–Trinajstić information content (AvgIpc) is 2.67. The van der Waals surface area contributed by atoms with Gasteiger partial charge in [-0.3, -0.25) is 0 Å². The van der Waals surface area contributed by atoms with E-state index in [0.29, 0.717) is 18.7 Å². The van der Waals surface area contributed by atoms with Gasteiger partial charge >= 0.3 is 0 Å². The van der Waals surface area contributed by atoms with Crippen molar-refractivity contribution in [3.05, 3.63) is 71.8 Å². The molecule has 0 amide bonds. The van der Waals surface area contributed by atoms with E-state index < -0.39 is 0 Å². The molecule has 4 rings (SSSR count). The quantitative estimate of drug-likeness (QED) is 0.724. The summed E-state index contributed by atoms with van der Waals surface area (Å²) in [6.45, 7) is 2.06. The summed E-state index contributed by atoms with van der Waals surface area (Å²) in [6, 6.07) is 22.3. The van der Waals surface area contributed by atoms with E-state index in [9.17, 15) is 5.26 Å². The fourth-order valence-corrected chi connectivity index (χ4v) is 3.14. The first-order chi connectivity index (χ1) is 11.8. The van der Waals surface area contributed by atoms with Crippen LogP contribution in [0.15, 0.2) is 60.7 Å². The third-order valence-electron chi connectivity index (χ3n) is 4.36. The number of para-hydroxylation sites is 1. The van der Waals surface area contributed by atoms with Crippen LogP contribution in [0.1, 0.15) is 17.2 Å². The highest BCUT2D eigenvalue weighted by molar-refractivity contribution is 5.83. The summed E-state index contributed by atoms with van der Waals surface area (Å²) in [4.78, 5) is 6.90. The summed E-state index contributed by atoms with van der Waals surface area (Å²) in [5, 5.41) is 10.5. The molecule has 24 heavy (non-hydrogen) atoms. The molecule has 1 fully saturated rings. The molecule has 0 bridgehead atoms. The van der Waals surface area contributed by atoms with Gasteiger partial charge in [-0.05, 0) is 17.7 Å². The molecular weight excluding hydrogens is 298 g/mol. The fraction of sp³-hybridized carbons (Fsp3) is 0.200. The lowest BCUT2D eigenvalue weighted by atomic mass is 10.1. The van der Waals surface area contributed by atoms with Crippen molar-refractivity contribution in [2.45, 2.75) is 6.10 Å². The van der Waals surface area contributed by atoms with E-state index in [0.717, 1.165) is 28.8 Å². The van der Waals surface area contributed by atoms with Gasteiger partial charge in [0.15, 0.2) is 0 Å². The number of ether oxygens (including phenoxy) is 1. The monoisotopic (exact) mass is 315 g/mol. The summed E-state index contributed by atoms with van der Waals surface area (Å²) in [6.07, 6.45) is -0.000219. The van der Waals surface area contributed by atoms with Crippen LogP contribution in [0.5, 0.6) is 0 Å². The second-order valence-corrected chi connectivity index (χ2v) is 5.88. The second kappa shape index (κ2) is 6.31. The third kappa shape index (κ3) is 2.70. The maximum absolute atomic E-state index is 9.54. The van der Waals surface area contributed by atoms with Gasteiger partial charge in [0.25, 0.3) is 0 Å². The lowest BCUT2D eigenvalue weighted by molar-refractivity contribution is 0.0395. The van der Waals surface area contributed by atoms with E-state index in [1.54, 1.807) is 0 Å². The van der Waals surface area contributed by atoms with Crippen molar-refractivity contribution in [3.8, 4) is 6.07 Å². The Bertz CT molecular complexity index is 902. The van der Waals surface area contributed by atoms with Gasteiger partial charge < -0.3 is 9.64 Å². The van der Waals surface area contributed by atoms with Gasteiger partial charge in [0.05, 0.1) is 17.7 Å². The molecule has 0 saturated carbocycles. The molecule has 2 heterocycles. The van der Waals surface area contributed by atoms with E-state index in [1.807, 2.05) is 48.5 Å². The Morgan fingerprint density at radius 1 is 1.08 bits per heavy atom. The van der Waals surface area contributed by atoms with E-state index in [1.165, 1.54) is 0 Å². The molecule has 0 N–H and O–H groups in total. The van der Waals surface area contributed by atoms with Gasteiger partial charge in [-0.2, -0.15) is 5.26 Å². The first-order valence-electron chi connectivity index (χ1n) is 8.06. The first kappa shape index (κ1) is 14.7. The van der Waals surface area contributed by atoms with Crippen LogP contribution < -0.4 is 4.90 Å². The minimum absolute atomic E-state index is 0.000219. The predicted molar refractivity (Wildman–Crippen MR) is 93.8 cm³/mol. The zero-order valence-electron chi connectivity index (χ0n) is 13.2. The van der Waals surface area contributed by atoms with Crippen LogP contribution in [-0.2, 0) is 4.74 Å². The molecule has 1 unspecified atom stereocenters. The molecule has 1 saturated heterocycles. The first-order valence-corrected chi connectivity index (χ1v) is 8.06. The highest BCUT2D eigenvalue weighted by Crippen LogP contribution is 2.28. The van der Waals surface area contributed by atoms with Crippen LogP contribution in [0.4, 0.5) is 5.82 Å². The van der Waals surface area contributed by atoms with Crippen LogP contribution in [0.3, 0.4) is 0 Å². The Morgan fingerprint density at radius 3 is 2.71 bits per heavy atom. The van der Waals surface area contributed by atoms with Gasteiger partial charge in [-0.1, -0.05) is 48.5 Å². The number of benzene rings is 2. The molecule has 4 heteroatoms. The largest absolute Gasteiger partial charge is 0.370 e. The van der Waals surface area contributed by atoms with Crippen LogP contribution >= 0.6 is 0 Å². The Labute approximate surface area is 140 Å². The molecule has 2 aromatic carbocycles. The molecular formula is C20H17N3O. The number of fused-ring (bicyclic) bond motifs is 1. The van der Waals surface area contributed by atoms with Crippen LogP contribution in [0.2, 0.25) is 0 Å². The van der Waals surface area contributed by atoms with Crippen molar-refractivity contribution < 1.29 is 4.74 Å². The zero-order valence-corrected chi connectivity index (χ0v) is 13.2. The molecule has 0 spiro atoms. The number of nitriles is 1. The maximum Gasteiger partial charge on any atom is 0.147 e. The molecule has 1 atom stereocenters. The summed E-state index contributed by atoms with van der Waals surface area (Å²) in [5.41, 5.74) is 2.68. The summed E-state index contributed by atoms with van der Waals surface area (Å²) < 4.78 is 5.92. The highest BCUT2D eigenvalue weighted by atomic mass is 16.5. The van der Waals surface area contributed by atoms with Gasteiger partial charge in [-0.15, -0.1) is 0 Å². The minimum Gasteiger partial charge on any atom is -0.370 e. The maximum atomic E-state index is 9.54. The summed E-state index contributed by atoms with van der Waals surface area (Å²) >= 11 is 0. The van der Waals surface area contributed by atoms with Crippen molar-refractivity contribution in [1.29, 1.82) is 5.26 Å². The highest BCUT2D eigenvalue weighted by Gasteiger charge is 2.24. The zero-order chi connectivity index (χ0) is 16.4. The Kier molecular flexibility index (Phi) is 3.86. The molecule has 0 aliphatic carbocycles. The van der Waals surface area contributed by atoms with E-state index in [4.69, 9.17) is 9.72 Å². The molecule has 1 aromatic heterocycles. The number of pyridine rings is 1. The summed E-state index contributed by atoms with van der Waals surface area (Å²) in [7, 11) is 0. The average molecular weight is 315 g/mol. The van der Waals surface area contributed by atoms with Crippen molar-refractivity contribution in [3.63, 3.8) is 0 Å². The van der Waals surface area contributed by atoms with Gasteiger partial charge in [0, 0.05) is 18.5 Å². The number of hydrogen-bond acceptors (Lipinski definition) is 4. The van der Waals surface area contributed by atoms with Gasteiger partial charge in [0.1, 0.15) is 18.0 Å². The Hall–Kier alpha value is -2.90.